The van der Waals surface area contributed by atoms with Crippen LogP contribution in [0.4, 0.5) is 0 Å². The lowest BCUT2D eigenvalue weighted by atomic mass is 9.84. The van der Waals surface area contributed by atoms with E-state index in [0.29, 0.717) is 19.3 Å². The van der Waals surface area contributed by atoms with Gasteiger partial charge in [0.05, 0.1) is 5.92 Å². The number of rotatable bonds is 20. The molecule has 0 spiro atoms. The van der Waals surface area contributed by atoms with Crippen molar-refractivity contribution < 1.29 is 23.9 Å². The Morgan fingerprint density at radius 2 is 1.46 bits per heavy atom. The Morgan fingerprint density at radius 1 is 0.914 bits per heavy atom. The molecular weight excluding hydrogens is 442 g/mol. The summed E-state index contributed by atoms with van der Waals surface area (Å²) in [6.45, 7) is 4.41. The van der Waals surface area contributed by atoms with E-state index in [1.54, 1.807) is 0 Å². The minimum absolute atomic E-state index is 0.0900. The van der Waals surface area contributed by atoms with Gasteiger partial charge in [0.2, 0.25) is 5.91 Å². The maximum atomic E-state index is 13.1. The largest absolute Gasteiger partial charge is 0.461 e. The molecule has 1 heterocycles. The average Bonchev–Trinajstić information content (AvgIpc) is 3.34. The van der Waals surface area contributed by atoms with E-state index >= 15 is 0 Å². The Kier molecular flexibility index (Phi) is 13.7. The number of hydrogen-bond donors (Lipinski definition) is 1. The Hall–Kier alpha value is -1.59. The molecule has 0 unspecified atom stereocenters. The van der Waals surface area contributed by atoms with Crippen LogP contribution in [0.15, 0.2) is 0 Å². The second kappa shape index (κ2) is 16.2. The molecule has 3 atom stereocenters. The SMILES string of the molecule is CCCCCCCCCCC[C@@H](C[C@@H]1OC(=O)[C@H]1CCCCCC)OC(=O)C1(C(N)=O)CCCC1. The van der Waals surface area contributed by atoms with Gasteiger partial charge >= 0.3 is 11.9 Å². The van der Waals surface area contributed by atoms with Crippen molar-refractivity contribution >= 4 is 17.8 Å². The summed E-state index contributed by atoms with van der Waals surface area (Å²) in [5.41, 5.74) is 4.48. The lowest BCUT2D eigenvalue weighted by molar-refractivity contribution is -0.191. The molecule has 1 saturated heterocycles. The number of cyclic esters (lactones) is 1. The smallest absolute Gasteiger partial charge is 0.321 e. The molecule has 1 amide bonds. The quantitative estimate of drug-likeness (QED) is 0.115. The maximum absolute atomic E-state index is 13.1. The van der Waals surface area contributed by atoms with E-state index in [4.69, 9.17) is 15.2 Å². The van der Waals surface area contributed by atoms with Crippen molar-refractivity contribution in [2.24, 2.45) is 17.1 Å². The van der Waals surface area contributed by atoms with Crippen molar-refractivity contribution in [3.8, 4) is 0 Å². The number of hydrogen-bond acceptors (Lipinski definition) is 5. The fourth-order valence-electron chi connectivity index (χ4n) is 5.67. The van der Waals surface area contributed by atoms with Gasteiger partial charge in [-0.2, -0.15) is 0 Å². The van der Waals surface area contributed by atoms with Crippen molar-refractivity contribution in [2.75, 3.05) is 0 Å². The van der Waals surface area contributed by atoms with Gasteiger partial charge < -0.3 is 15.2 Å². The fourth-order valence-corrected chi connectivity index (χ4v) is 5.67. The van der Waals surface area contributed by atoms with Gasteiger partial charge in [-0.3, -0.25) is 14.4 Å². The molecule has 2 aliphatic rings. The molecule has 0 aromatic carbocycles. The molecule has 0 bridgehead atoms. The summed E-state index contributed by atoms with van der Waals surface area (Å²) in [7, 11) is 0. The van der Waals surface area contributed by atoms with Crippen LogP contribution in [-0.2, 0) is 23.9 Å². The number of ether oxygens (including phenoxy) is 2. The van der Waals surface area contributed by atoms with E-state index in [-0.39, 0.29) is 24.1 Å². The van der Waals surface area contributed by atoms with Gasteiger partial charge in [-0.25, -0.2) is 0 Å². The molecule has 0 aromatic rings. The van der Waals surface area contributed by atoms with Crippen LogP contribution in [0.5, 0.6) is 0 Å². The van der Waals surface area contributed by atoms with Crippen molar-refractivity contribution in [3.63, 3.8) is 0 Å². The first-order valence-electron chi connectivity index (χ1n) is 14.7. The number of nitrogens with two attached hydrogens (primary N) is 1. The molecule has 202 valence electrons. The molecule has 1 aliphatic heterocycles. The molecule has 0 radical (unpaired) electrons. The third-order valence-corrected chi connectivity index (χ3v) is 8.11. The lowest BCUT2D eigenvalue weighted by Crippen LogP contribution is -2.48. The summed E-state index contributed by atoms with van der Waals surface area (Å²) >= 11 is 0. The van der Waals surface area contributed by atoms with Gasteiger partial charge in [-0.05, 0) is 32.1 Å². The van der Waals surface area contributed by atoms with Crippen molar-refractivity contribution in [1.82, 2.24) is 0 Å². The summed E-state index contributed by atoms with van der Waals surface area (Å²) < 4.78 is 11.5. The summed E-state index contributed by atoms with van der Waals surface area (Å²) in [6.07, 6.45) is 19.7. The van der Waals surface area contributed by atoms with Gasteiger partial charge in [0.1, 0.15) is 17.6 Å². The summed E-state index contributed by atoms with van der Waals surface area (Å²) in [6, 6.07) is 0. The zero-order valence-electron chi connectivity index (χ0n) is 22.5. The van der Waals surface area contributed by atoms with Crippen LogP contribution in [0, 0.1) is 11.3 Å². The molecule has 1 aliphatic carbocycles. The first-order chi connectivity index (χ1) is 16.9. The van der Waals surface area contributed by atoms with E-state index in [1.807, 2.05) is 0 Å². The highest BCUT2D eigenvalue weighted by atomic mass is 16.6. The van der Waals surface area contributed by atoms with E-state index in [9.17, 15) is 14.4 Å². The van der Waals surface area contributed by atoms with Gasteiger partial charge in [0, 0.05) is 6.42 Å². The van der Waals surface area contributed by atoms with Gasteiger partial charge in [-0.1, -0.05) is 104 Å². The monoisotopic (exact) mass is 493 g/mol. The third kappa shape index (κ3) is 9.42. The Bertz CT molecular complexity index is 643. The normalized spacial score (nSPS) is 21.8. The fraction of sp³-hybridized carbons (Fsp3) is 0.897. The van der Waals surface area contributed by atoms with Crippen LogP contribution in [-0.4, -0.2) is 30.1 Å². The zero-order chi connectivity index (χ0) is 25.5. The first-order valence-corrected chi connectivity index (χ1v) is 14.7. The minimum Gasteiger partial charge on any atom is -0.461 e. The predicted molar refractivity (Wildman–Crippen MR) is 139 cm³/mol. The van der Waals surface area contributed by atoms with E-state index in [0.717, 1.165) is 57.8 Å². The second-order valence-corrected chi connectivity index (χ2v) is 11.0. The van der Waals surface area contributed by atoms with Crippen LogP contribution >= 0.6 is 0 Å². The van der Waals surface area contributed by atoms with E-state index in [1.165, 1.54) is 51.4 Å². The molecule has 2 fully saturated rings. The summed E-state index contributed by atoms with van der Waals surface area (Å²) in [5, 5.41) is 0. The number of primary amides is 1. The van der Waals surface area contributed by atoms with Crippen LogP contribution in [0.3, 0.4) is 0 Å². The summed E-state index contributed by atoms with van der Waals surface area (Å²) in [5.74, 6) is -1.24. The predicted octanol–water partition coefficient (Wildman–Crippen LogP) is 6.77. The molecular formula is C29H51NO5. The highest BCUT2D eigenvalue weighted by Crippen LogP contribution is 2.40. The molecule has 2 N–H and O–H groups in total. The molecule has 35 heavy (non-hydrogen) atoms. The number of amides is 1. The molecule has 6 heteroatoms. The van der Waals surface area contributed by atoms with E-state index < -0.39 is 17.3 Å². The van der Waals surface area contributed by atoms with Crippen LogP contribution in [0.25, 0.3) is 0 Å². The minimum atomic E-state index is -1.17. The second-order valence-electron chi connectivity index (χ2n) is 11.0. The average molecular weight is 494 g/mol. The lowest BCUT2D eigenvalue weighted by Gasteiger charge is -2.37. The molecule has 1 saturated carbocycles. The first kappa shape index (κ1) is 29.6. The Morgan fingerprint density at radius 3 is 2.00 bits per heavy atom. The van der Waals surface area contributed by atoms with Crippen molar-refractivity contribution in [1.29, 1.82) is 0 Å². The number of carbonyl (C=O) groups excluding carboxylic acids is 3. The van der Waals surface area contributed by atoms with Crippen molar-refractivity contribution in [3.05, 3.63) is 0 Å². The maximum Gasteiger partial charge on any atom is 0.321 e. The van der Waals surface area contributed by atoms with Gasteiger partial charge in [0.15, 0.2) is 0 Å². The third-order valence-electron chi connectivity index (χ3n) is 8.11. The van der Waals surface area contributed by atoms with Crippen LogP contribution in [0.1, 0.15) is 142 Å². The van der Waals surface area contributed by atoms with E-state index in [2.05, 4.69) is 13.8 Å². The van der Waals surface area contributed by atoms with Crippen molar-refractivity contribution in [2.45, 2.75) is 154 Å². The molecule has 2 rings (SSSR count). The topological polar surface area (TPSA) is 95.7 Å². The van der Waals surface area contributed by atoms with Crippen LogP contribution < -0.4 is 5.73 Å². The van der Waals surface area contributed by atoms with Gasteiger partial charge in [0.25, 0.3) is 0 Å². The number of unbranched alkanes of at least 4 members (excludes halogenated alkanes) is 11. The highest BCUT2D eigenvalue weighted by molar-refractivity contribution is 6.02. The van der Waals surface area contributed by atoms with Gasteiger partial charge in [-0.15, -0.1) is 0 Å². The number of carbonyl (C=O) groups is 3. The zero-order valence-corrected chi connectivity index (χ0v) is 22.5. The van der Waals surface area contributed by atoms with Crippen LogP contribution in [0.2, 0.25) is 0 Å². The molecule has 6 nitrogen and oxygen atoms in total. The number of esters is 2. The molecule has 0 aromatic heterocycles. The standard InChI is InChI=1S/C29H51NO5/c1-3-5-7-9-10-11-12-13-14-18-23(34-28(33)29(27(30)32)20-16-17-21-29)22-25-24(26(31)35-25)19-15-8-6-4-2/h23-25H,3-22H2,1-2H3,(H2,30,32)/t23-,24-,25-/m0/s1. The Labute approximate surface area is 213 Å². The summed E-state index contributed by atoms with van der Waals surface area (Å²) in [4.78, 5) is 37.4. The highest BCUT2D eigenvalue weighted by Gasteiger charge is 2.49. The Balaban J connectivity index is 1.86.